The Morgan fingerprint density at radius 2 is 2.12 bits per heavy atom. The van der Waals surface area contributed by atoms with E-state index in [-0.39, 0.29) is 11.9 Å². The van der Waals surface area contributed by atoms with Crippen molar-refractivity contribution < 1.29 is 4.79 Å². The summed E-state index contributed by atoms with van der Waals surface area (Å²) in [5.41, 5.74) is 7.69. The third kappa shape index (κ3) is 3.15. The molecule has 0 aliphatic rings. The molecule has 1 aromatic carbocycles. The Morgan fingerprint density at radius 3 is 2.69 bits per heavy atom. The number of rotatable bonds is 4. The zero-order valence-electron chi connectivity index (χ0n) is 10.0. The molecule has 0 unspecified atom stereocenters. The molecular formula is C12H19N3O. The second-order valence-electron chi connectivity index (χ2n) is 3.96. The molecule has 0 aliphatic carbocycles. The molecular weight excluding hydrogens is 202 g/mol. The number of benzene rings is 1. The zero-order valence-corrected chi connectivity index (χ0v) is 10.0. The number of hydrogen-bond acceptors (Lipinski definition) is 3. The fraction of sp³-hybridized carbons (Fsp3) is 0.417. The Morgan fingerprint density at radius 1 is 1.44 bits per heavy atom. The van der Waals surface area contributed by atoms with Crippen molar-refractivity contribution in [3.05, 3.63) is 23.8 Å². The Kier molecular flexibility index (Phi) is 4.17. The van der Waals surface area contributed by atoms with Crippen molar-refractivity contribution in [3.63, 3.8) is 0 Å². The number of amides is 1. The normalized spacial score (nSPS) is 10.2. The maximum atomic E-state index is 11.9. The van der Waals surface area contributed by atoms with Crippen LogP contribution in [0.4, 0.5) is 11.4 Å². The van der Waals surface area contributed by atoms with Crippen molar-refractivity contribution in [2.45, 2.75) is 26.8 Å². The molecule has 0 spiro atoms. The number of nitrogen functional groups attached to an aromatic ring is 1. The van der Waals surface area contributed by atoms with Gasteiger partial charge in [0.1, 0.15) is 0 Å². The smallest absolute Gasteiger partial charge is 0.253 e. The molecule has 0 radical (unpaired) electrons. The lowest BCUT2D eigenvalue weighted by Crippen LogP contribution is -2.30. The Bertz CT molecular complexity index is 375. The van der Waals surface area contributed by atoms with Gasteiger partial charge in [0, 0.05) is 24.0 Å². The first kappa shape index (κ1) is 12.4. The number of hydrogen-bond donors (Lipinski definition) is 3. The quantitative estimate of drug-likeness (QED) is 0.680. The maximum absolute atomic E-state index is 11.9. The molecule has 0 fully saturated rings. The minimum absolute atomic E-state index is 0.0988. The van der Waals surface area contributed by atoms with Gasteiger partial charge in [0.25, 0.3) is 5.91 Å². The summed E-state index contributed by atoms with van der Waals surface area (Å²) in [6, 6.07) is 5.41. The van der Waals surface area contributed by atoms with E-state index in [2.05, 4.69) is 10.6 Å². The molecule has 88 valence electrons. The van der Waals surface area contributed by atoms with Gasteiger partial charge in [0.2, 0.25) is 0 Å². The van der Waals surface area contributed by atoms with Gasteiger partial charge in [0.05, 0.1) is 5.56 Å². The SMILES string of the molecule is CCNc1ccc(N)cc1C(=O)NC(C)C. The monoisotopic (exact) mass is 221 g/mol. The topological polar surface area (TPSA) is 67.1 Å². The van der Waals surface area contributed by atoms with Gasteiger partial charge in [-0.1, -0.05) is 0 Å². The number of nitrogens with two attached hydrogens (primary N) is 1. The molecule has 1 aromatic rings. The number of nitrogens with one attached hydrogen (secondary N) is 2. The maximum Gasteiger partial charge on any atom is 0.253 e. The van der Waals surface area contributed by atoms with E-state index in [0.29, 0.717) is 11.3 Å². The van der Waals surface area contributed by atoms with Crippen LogP contribution in [0.5, 0.6) is 0 Å². The van der Waals surface area contributed by atoms with E-state index in [1.165, 1.54) is 0 Å². The lowest BCUT2D eigenvalue weighted by molar-refractivity contribution is 0.0944. The Balaban J connectivity index is 2.99. The Labute approximate surface area is 96.2 Å². The van der Waals surface area contributed by atoms with Crippen LogP contribution >= 0.6 is 0 Å². The molecule has 0 heterocycles. The number of anilines is 2. The highest BCUT2D eigenvalue weighted by atomic mass is 16.1. The minimum atomic E-state index is -0.0988. The van der Waals surface area contributed by atoms with E-state index >= 15 is 0 Å². The van der Waals surface area contributed by atoms with Crippen LogP contribution in [-0.4, -0.2) is 18.5 Å². The summed E-state index contributed by atoms with van der Waals surface area (Å²) in [6.07, 6.45) is 0. The van der Waals surface area contributed by atoms with Gasteiger partial charge in [-0.05, 0) is 39.0 Å². The van der Waals surface area contributed by atoms with E-state index in [4.69, 9.17) is 5.73 Å². The molecule has 4 heteroatoms. The fourth-order valence-corrected chi connectivity index (χ4v) is 1.43. The van der Waals surface area contributed by atoms with Crippen molar-refractivity contribution in [1.82, 2.24) is 5.32 Å². The first-order valence-electron chi connectivity index (χ1n) is 5.48. The summed E-state index contributed by atoms with van der Waals surface area (Å²) < 4.78 is 0. The molecule has 0 aliphatic heterocycles. The van der Waals surface area contributed by atoms with Crippen LogP contribution in [0.15, 0.2) is 18.2 Å². The number of carbonyl (C=O) groups is 1. The lowest BCUT2D eigenvalue weighted by Gasteiger charge is -2.13. The fourth-order valence-electron chi connectivity index (χ4n) is 1.43. The van der Waals surface area contributed by atoms with E-state index in [0.717, 1.165) is 12.2 Å². The third-order valence-electron chi connectivity index (χ3n) is 2.08. The van der Waals surface area contributed by atoms with Gasteiger partial charge in [0.15, 0.2) is 0 Å². The third-order valence-corrected chi connectivity index (χ3v) is 2.08. The molecule has 16 heavy (non-hydrogen) atoms. The second kappa shape index (κ2) is 5.39. The van der Waals surface area contributed by atoms with Gasteiger partial charge in [-0.25, -0.2) is 0 Å². The van der Waals surface area contributed by atoms with Crippen molar-refractivity contribution in [1.29, 1.82) is 0 Å². The minimum Gasteiger partial charge on any atom is -0.399 e. The molecule has 4 N–H and O–H groups in total. The van der Waals surface area contributed by atoms with Gasteiger partial charge in [-0.2, -0.15) is 0 Å². The lowest BCUT2D eigenvalue weighted by atomic mass is 10.1. The molecule has 0 bridgehead atoms. The summed E-state index contributed by atoms with van der Waals surface area (Å²) >= 11 is 0. The summed E-state index contributed by atoms with van der Waals surface area (Å²) in [6.45, 7) is 6.61. The molecule has 1 amide bonds. The van der Waals surface area contributed by atoms with Crippen molar-refractivity contribution in [2.75, 3.05) is 17.6 Å². The number of carbonyl (C=O) groups excluding carboxylic acids is 1. The highest BCUT2D eigenvalue weighted by molar-refractivity contribution is 6.00. The zero-order chi connectivity index (χ0) is 12.1. The van der Waals surface area contributed by atoms with Crippen LogP contribution in [0.1, 0.15) is 31.1 Å². The molecule has 0 saturated carbocycles. The molecule has 1 rings (SSSR count). The molecule has 0 saturated heterocycles. The predicted octanol–water partition coefficient (Wildman–Crippen LogP) is 1.84. The standard InChI is InChI=1S/C12H19N3O/c1-4-14-11-6-5-9(13)7-10(11)12(16)15-8(2)3/h5-8,14H,4,13H2,1-3H3,(H,15,16). The van der Waals surface area contributed by atoms with Crippen LogP contribution in [0.2, 0.25) is 0 Å². The summed E-state index contributed by atoms with van der Waals surface area (Å²) in [4.78, 5) is 11.9. The van der Waals surface area contributed by atoms with Gasteiger partial charge in [-0.15, -0.1) is 0 Å². The van der Waals surface area contributed by atoms with Gasteiger partial charge >= 0.3 is 0 Å². The van der Waals surface area contributed by atoms with Gasteiger partial charge in [-0.3, -0.25) is 4.79 Å². The molecule has 4 nitrogen and oxygen atoms in total. The van der Waals surface area contributed by atoms with Crippen LogP contribution in [0, 0.1) is 0 Å². The average Bonchev–Trinajstić information content (AvgIpc) is 2.20. The van der Waals surface area contributed by atoms with Crippen LogP contribution in [-0.2, 0) is 0 Å². The highest BCUT2D eigenvalue weighted by Gasteiger charge is 2.12. The first-order chi connectivity index (χ1) is 7.54. The predicted molar refractivity (Wildman–Crippen MR) is 67.6 cm³/mol. The highest BCUT2D eigenvalue weighted by Crippen LogP contribution is 2.18. The second-order valence-corrected chi connectivity index (χ2v) is 3.96. The van der Waals surface area contributed by atoms with Gasteiger partial charge < -0.3 is 16.4 Å². The summed E-state index contributed by atoms with van der Waals surface area (Å²) in [7, 11) is 0. The largest absolute Gasteiger partial charge is 0.399 e. The summed E-state index contributed by atoms with van der Waals surface area (Å²) in [5, 5.41) is 5.99. The van der Waals surface area contributed by atoms with Crippen LogP contribution in [0.3, 0.4) is 0 Å². The van der Waals surface area contributed by atoms with Crippen molar-refractivity contribution in [3.8, 4) is 0 Å². The molecule has 0 aromatic heterocycles. The Hall–Kier alpha value is -1.71. The van der Waals surface area contributed by atoms with E-state index in [9.17, 15) is 4.79 Å². The van der Waals surface area contributed by atoms with Crippen LogP contribution < -0.4 is 16.4 Å². The van der Waals surface area contributed by atoms with Crippen molar-refractivity contribution in [2.24, 2.45) is 0 Å². The van der Waals surface area contributed by atoms with E-state index in [1.807, 2.05) is 26.8 Å². The van der Waals surface area contributed by atoms with Crippen molar-refractivity contribution >= 4 is 17.3 Å². The van der Waals surface area contributed by atoms with Crippen LogP contribution in [0.25, 0.3) is 0 Å². The molecule has 0 atom stereocenters. The summed E-state index contributed by atoms with van der Waals surface area (Å²) in [5.74, 6) is -0.0988. The van der Waals surface area contributed by atoms with E-state index in [1.54, 1.807) is 12.1 Å². The first-order valence-corrected chi connectivity index (χ1v) is 5.48. The average molecular weight is 221 g/mol. The van der Waals surface area contributed by atoms with E-state index < -0.39 is 0 Å².